The second-order valence-corrected chi connectivity index (χ2v) is 7.92. The van der Waals surface area contributed by atoms with E-state index in [-0.39, 0.29) is 24.2 Å². The maximum atomic E-state index is 13.1. The maximum absolute atomic E-state index is 13.1. The third-order valence-electron chi connectivity index (χ3n) is 5.07. The summed E-state index contributed by atoms with van der Waals surface area (Å²) in [7, 11) is 0. The van der Waals surface area contributed by atoms with Crippen LogP contribution in [0.1, 0.15) is 31.8 Å². The van der Waals surface area contributed by atoms with Gasteiger partial charge in [-0.2, -0.15) is 0 Å². The third kappa shape index (κ3) is 4.33. The fraction of sp³-hybridized carbons (Fsp3) is 0.125. The topological polar surface area (TPSA) is 63.7 Å². The molecule has 0 saturated heterocycles. The second kappa shape index (κ2) is 8.92. The van der Waals surface area contributed by atoms with Gasteiger partial charge in [0.2, 0.25) is 0 Å². The fourth-order valence-corrected chi connectivity index (χ4v) is 3.96. The van der Waals surface area contributed by atoms with Crippen LogP contribution in [0, 0.1) is 0 Å². The molecule has 3 aromatic rings. The summed E-state index contributed by atoms with van der Waals surface area (Å²) in [5.41, 5.74) is 1.92. The van der Waals surface area contributed by atoms with E-state index < -0.39 is 23.8 Å². The summed E-state index contributed by atoms with van der Waals surface area (Å²) in [5, 5.41) is 0.827. The summed E-state index contributed by atoms with van der Waals surface area (Å²) in [6.45, 7) is -0.108. The van der Waals surface area contributed by atoms with E-state index >= 15 is 0 Å². The number of esters is 1. The van der Waals surface area contributed by atoms with Gasteiger partial charge < -0.3 is 4.74 Å². The SMILES string of the molecule is O=C(OCc1ccc(Cl)cc1Cl)[C@H](Cc1ccccc1)N1C(=O)c2ccccc2C1=O. The van der Waals surface area contributed by atoms with E-state index in [1.165, 1.54) is 0 Å². The summed E-state index contributed by atoms with van der Waals surface area (Å²) in [4.78, 5) is 40.0. The first kappa shape index (κ1) is 21.1. The number of benzene rings is 3. The standard InChI is InChI=1S/C24H17Cl2NO4/c25-17-11-10-16(20(26)13-17)14-31-24(30)21(12-15-6-2-1-3-7-15)27-22(28)18-8-4-5-9-19(18)23(27)29/h1-11,13,21H,12,14H2/t21-/m0/s1. The summed E-state index contributed by atoms with van der Waals surface area (Å²) < 4.78 is 5.48. The number of nitrogens with zero attached hydrogens (tertiary/aromatic N) is 1. The van der Waals surface area contributed by atoms with Crippen molar-refractivity contribution >= 4 is 41.0 Å². The van der Waals surface area contributed by atoms with Crippen LogP contribution < -0.4 is 0 Å². The van der Waals surface area contributed by atoms with E-state index in [0.717, 1.165) is 10.5 Å². The number of amides is 2. The molecule has 1 aliphatic rings. The fourth-order valence-electron chi connectivity index (χ4n) is 3.49. The van der Waals surface area contributed by atoms with Gasteiger partial charge >= 0.3 is 5.97 Å². The Morgan fingerprint density at radius 3 is 2.10 bits per heavy atom. The molecule has 0 aromatic heterocycles. The van der Waals surface area contributed by atoms with Crippen molar-refractivity contribution in [1.82, 2.24) is 4.90 Å². The molecule has 4 rings (SSSR count). The lowest BCUT2D eigenvalue weighted by Gasteiger charge is -2.25. The van der Waals surface area contributed by atoms with Crippen molar-refractivity contribution < 1.29 is 19.1 Å². The summed E-state index contributed by atoms with van der Waals surface area (Å²) in [5.74, 6) is -1.71. The quantitative estimate of drug-likeness (QED) is 0.391. The molecule has 1 atom stereocenters. The van der Waals surface area contributed by atoms with Crippen LogP contribution in [0.2, 0.25) is 10.0 Å². The Kier molecular flexibility index (Phi) is 6.07. The average molecular weight is 454 g/mol. The smallest absolute Gasteiger partial charge is 0.330 e. The number of ether oxygens (including phenoxy) is 1. The van der Waals surface area contributed by atoms with Crippen molar-refractivity contribution in [1.29, 1.82) is 0 Å². The normalized spacial score (nSPS) is 13.8. The van der Waals surface area contributed by atoms with E-state index in [0.29, 0.717) is 15.6 Å². The van der Waals surface area contributed by atoms with Gasteiger partial charge in [-0.25, -0.2) is 4.79 Å². The average Bonchev–Trinajstić information content (AvgIpc) is 3.02. The molecule has 0 aliphatic carbocycles. The van der Waals surface area contributed by atoms with Crippen LogP contribution >= 0.6 is 23.2 Å². The minimum absolute atomic E-state index is 0.108. The van der Waals surface area contributed by atoms with Gasteiger partial charge in [0.15, 0.2) is 0 Å². The largest absolute Gasteiger partial charge is 0.459 e. The van der Waals surface area contributed by atoms with Gasteiger partial charge in [-0.3, -0.25) is 14.5 Å². The van der Waals surface area contributed by atoms with Crippen molar-refractivity contribution in [2.45, 2.75) is 19.1 Å². The Bertz CT molecular complexity index is 1130. The lowest BCUT2D eigenvalue weighted by atomic mass is 10.0. The number of carbonyl (C=O) groups is 3. The molecule has 0 fully saturated rings. The van der Waals surface area contributed by atoms with E-state index in [1.807, 2.05) is 30.3 Å². The zero-order valence-electron chi connectivity index (χ0n) is 16.3. The molecule has 5 nitrogen and oxygen atoms in total. The Labute approximate surface area is 189 Å². The zero-order chi connectivity index (χ0) is 22.0. The molecule has 7 heteroatoms. The first-order valence-corrected chi connectivity index (χ1v) is 10.3. The van der Waals surface area contributed by atoms with E-state index in [2.05, 4.69) is 0 Å². The number of hydrogen-bond donors (Lipinski definition) is 0. The van der Waals surface area contributed by atoms with Gasteiger partial charge in [-0.05, 0) is 29.8 Å². The van der Waals surface area contributed by atoms with Gasteiger partial charge in [-0.1, -0.05) is 71.7 Å². The van der Waals surface area contributed by atoms with Crippen LogP contribution in [0.3, 0.4) is 0 Å². The molecule has 0 unspecified atom stereocenters. The molecule has 1 aliphatic heterocycles. The molecule has 0 spiro atoms. The zero-order valence-corrected chi connectivity index (χ0v) is 17.8. The van der Waals surface area contributed by atoms with Crippen LogP contribution in [0.25, 0.3) is 0 Å². The molecule has 3 aromatic carbocycles. The highest BCUT2D eigenvalue weighted by molar-refractivity contribution is 6.35. The number of rotatable bonds is 6. The van der Waals surface area contributed by atoms with E-state index in [4.69, 9.17) is 27.9 Å². The number of fused-ring (bicyclic) bond motifs is 1. The van der Waals surface area contributed by atoms with Crippen molar-refractivity contribution in [3.05, 3.63) is 105 Å². The Morgan fingerprint density at radius 1 is 0.871 bits per heavy atom. The Balaban J connectivity index is 1.61. The number of hydrogen-bond acceptors (Lipinski definition) is 4. The van der Waals surface area contributed by atoms with E-state index in [9.17, 15) is 14.4 Å². The highest BCUT2D eigenvalue weighted by Gasteiger charge is 2.43. The molecule has 31 heavy (non-hydrogen) atoms. The van der Waals surface area contributed by atoms with Crippen molar-refractivity contribution in [2.24, 2.45) is 0 Å². The summed E-state index contributed by atoms with van der Waals surface area (Å²) in [6, 6.07) is 19.4. The molecular weight excluding hydrogens is 437 g/mol. The molecule has 0 bridgehead atoms. The first-order valence-electron chi connectivity index (χ1n) is 9.57. The van der Waals surface area contributed by atoms with Crippen LogP contribution in [0.4, 0.5) is 0 Å². The maximum Gasteiger partial charge on any atom is 0.330 e. The van der Waals surface area contributed by atoms with Crippen molar-refractivity contribution in [2.75, 3.05) is 0 Å². The molecular formula is C24H17Cl2NO4. The molecule has 1 heterocycles. The minimum atomic E-state index is -1.11. The molecule has 0 radical (unpaired) electrons. The molecule has 0 N–H and O–H groups in total. The van der Waals surface area contributed by atoms with Gasteiger partial charge in [0.1, 0.15) is 12.6 Å². The van der Waals surface area contributed by atoms with Crippen molar-refractivity contribution in [3.8, 4) is 0 Å². The van der Waals surface area contributed by atoms with Gasteiger partial charge in [0.25, 0.3) is 11.8 Å². The Hall–Kier alpha value is -3.15. The predicted octanol–water partition coefficient (Wildman–Crippen LogP) is 4.94. The lowest BCUT2D eigenvalue weighted by molar-refractivity contribution is -0.149. The number of imide groups is 1. The third-order valence-corrected chi connectivity index (χ3v) is 5.65. The highest BCUT2D eigenvalue weighted by Crippen LogP contribution is 2.27. The number of carbonyl (C=O) groups excluding carboxylic acids is 3. The van der Waals surface area contributed by atoms with Gasteiger partial charge in [-0.15, -0.1) is 0 Å². The monoisotopic (exact) mass is 453 g/mol. The second-order valence-electron chi connectivity index (χ2n) is 7.07. The van der Waals surface area contributed by atoms with E-state index in [1.54, 1.807) is 42.5 Å². The van der Waals surface area contributed by atoms with Crippen LogP contribution in [-0.4, -0.2) is 28.7 Å². The lowest BCUT2D eigenvalue weighted by Crippen LogP contribution is -2.47. The van der Waals surface area contributed by atoms with Gasteiger partial charge in [0, 0.05) is 22.0 Å². The predicted molar refractivity (Wildman–Crippen MR) is 117 cm³/mol. The van der Waals surface area contributed by atoms with Crippen LogP contribution in [0.15, 0.2) is 72.8 Å². The minimum Gasteiger partial charge on any atom is -0.459 e. The van der Waals surface area contributed by atoms with Crippen LogP contribution in [-0.2, 0) is 22.6 Å². The first-order chi connectivity index (χ1) is 15.0. The number of halogens is 2. The van der Waals surface area contributed by atoms with Gasteiger partial charge in [0.05, 0.1) is 11.1 Å². The molecule has 0 saturated carbocycles. The van der Waals surface area contributed by atoms with Crippen molar-refractivity contribution in [3.63, 3.8) is 0 Å². The Morgan fingerprint density at radius 2 is 1.48 bits per heavy atom. The molecule has 2 amide bonds. The van der Waals surface area contributed by atoms with Crippen LogP contribution in [0.5, 0.6) is 0 Å². The molecule has 156 valence electrons. The summed E-state index contributed by atoms with van der Waals surface area (Å²) >= 11 is 12.1. The summed E-state index contributed by atoms with van der Waals surface area (Å²) in [6.07, 6.45) is 0.138. The highest BCUT2D eigenvalue weighted by atomic mass is 35.5.